The van der Waals surface area contributed by atoms with Crippen LogP contribution in [0.3, 0.4) is 0 Å². The molecule has 1 amide bonds. The lowest BCUT2D eigenvalue weighted by molar-refractivity contribution is -0.138. The summed E-state index contributed by atoms with van der Waals surface area (Å²) in [6, 6.07) is 8.51. The lowest BCUT2D eigenvalue weighted by Crippen LogP contribution is -2.44. The topological polar surface area (TPSA) is 50.6 Å². The van der Waals surface area contributed by atoms with Gasteiger partial charge in [0.15, 0.2) is 0 Å². The van der Waals surface area contributed by atoms with Gasteiger partial charge < -0.3 is 14.2 Å². The number of aromatic nitrogens is 2. The highest BCUT2D eigenvalue weighted by atomic mass is 16.5. The summed E-state index contributed by atoms with van der Waals surface area (Å²) in [7, 11) is 1.72. The van der Waals surface area contributed by atoms with Crippen molar-refractivity contribution in [2.45, 2.75) is 38.9 Å². The number of hydrogen-bond acceptors (Lipinski definition) is 4. The van der Waals surface area contributed by atoms with Gasteiger partial charge in [0.1, 0.15) is 0 Å². The van der Waals surface area contributed by atoms with Crippen molar-refractivity contribution in [1.29, 1.82) is 0 Å². The van der Waals surface area contributed by atoms with Crippen molar-refractivity contribution in [3.05, 3.63) is 53.6 Å². The van der Waals surface area contributed by atoms with Crippen LogP contribution in [0.15, 0.2) is 36.8 Å². The maximum atomic E-state index is 13.0. The highest BCUT2D eigenvalue weighted by Crippen LogP contribution is 2.25. The Morgan fingerprint density at radius 3 is 2.75 bits per heavy atom. The second-order valence-electron chi connectivity index (χ2n) is 7.90. The third-order valence-corrected chi connectivity index (χ3v) is 6.10. The van der Waals surface area contributed by atoms with E-state index >= 15 is 0 Å². The third-order valence-electron chi connectivity index (χ3n) is 6.10. The Balaban J connectivity index is 1.29. The van der Waals surface area contributed by atoms with E-state index in [0.717, 1.165) is 58.5 Å². The van der Waals surface area contributed by atoms with E-state index < -0.39 is 0 Å². The van der Waals surface area contributed by atoms with Crippen LogP contribution in [0.5, 0.6) is 0 Å². The van der Waals surface area contributed by atoms with Crippen molar-refractivity contribution in [3.63, 3.8) is 0 Å². The number of fused-ring (bicyclic) bond motifs is 1. The highest BCUT2D eigenvalue weighted by molar-refractivity contribution is 5.79. The lowest BCUT2D eigenvalue weighted by Gasteiger charge is -2.36. The average Bonchev–Trinajstić information content (AvgIpc) is 3.18. The van der Waals surface area contributed by atoms with E-state index in [4.69, 9.17) is 4.74 Å². The Morgan fingerprint density at radius 1 is 1.18 bits per heavy atom. The summed E-state index contributed by atoms with van der Waals surface area (Å²) < 4.78 is 7.33. The fourth-order valence-corrected chi connectivity index (χ4v) is 4.38. The molecule has 2 aliphatic heterocycles. The number of benzene rings is 1. The zero-order chi connectivity index (χ0) is 19.3. The first-order chi connectivity index (χ1) is 13.7. The molecule has 1 fully saturated rings. The summed E-state index contributed by atoms with van der Waals surface area (Å²) >= 11 is 0. The molecular weight excluding hydrogens is 352 g/mol. The van der Waals surface area contributed by atoms with Gasteiger partial charge in [-0.25, -0.2) is 4.98 Å². The number of ether oxygens (including phenoxy) is 1. The van der Waals surface area contributed by atoms with Gasteiger partial charge in [-0.2, -0.15) is 0 Å². The highest BCUT2D eigenvalue weighted by Gasteiger charge is 2.30. The average molecular weight is 383 g/mol. The molecule has 0 unspecified atom stereocenters. The summed E-state index contributed by atoms with van der Waals surface area (Å²) in [4.78, 5) is 21.8. The van der Waals surface area contributed by atoms with Gasteiger partial charge in [-0.05, 0) is 43.5 Å². The normalized spacial score (nSPS) is 18.2. The number of likely N-dealkylation sites (tertiary alicyclic amines) is 1. The Bertz CT molecular complexity index is 795. The van der Waals surface area contributed by atoms with Gasteiger partial charge in [-0.3, -0.25) is 9.69 Å². The van der Waals surface area contributed by atoms with Crippen LogP contribution in [0.4, 0.5) is 0 Å². The molecule has 0 radical (unpaired) electrons. The molecule has 2 aliphatic rings. The molecule has 2 aromatic rings. The van der Waals surface area contributed by atoms with Crippen LogP contribution in [0.1, 0.15) is 29.7 Å². The third kappa shape index (κ3) is 4.28. The minimum Gasteiger partial charge on any atom is -0.383 e. The number of carbonyl (C=O) groups is 1. The fourth-order valence-electron chi connectivity index (χ4n) is 4.38. The van der Waals surface area contributed by atoms with Crippen molar-refractivity contribution in [1.82, 2.24) is 19.4 Å². The number of amides is 1. The van der Waals surface area contributed by atoms with Crippen LogP contribution in [0.2, 0.25) is 0 Å². The molecule has 4 rings (SSSR count). The lowest BCUT2D eigenvalue weighted by atomic mass is 9.93. The van der Waals surface area contributed by atoms with Crippen molar-refractivity contribution in [2.75, 3.05) is 33.4 Å². The predicted molar refractivity (Wildman–Crippen MR) is 108 cm³/mol. The number of carbonyl (C=O) groups excluding carboxylic acids is 1. The van der Waals surface area contributed by atoms with E-state index in [9.17, 15) is 4.79 Å². The van der Waals surface area contributed by atoms with Crippen molar-refractivity contribution >= 4 is 5.91 Å². The quantitative estimate of drug-likeness (QED) is 0.769. The predicted octanol–water partition coefficient (Wildman–Crippen LogP) is 2.33. The summed E-state index contributed by atoms with van der Waals surface area (Å²) in [5.41, 5.74) is 3.92. The Morgan fingerprint density at radius 2 is 1.96 bits per heavy atom. The molecule has 28 heavy (non-hydrogen) atoms. The summed E-state index contributed by atoms with van der Waals surface area (Å²) in [6.07, 6.45) is 6.69. The van der Waals surface area contributed by atoms with Crippen LogP contribution in [-0.2, 0) is 35.6 Å². The molecule has 0 atom stereocenters. The number of imidazole rings is 1. The van der Waals surface area contributed by atoms with E-state index in [1.807, 2.05) is 12.5 Å². The molecule has 3 heterocycles. The van der Waals surface area contributed by atoms with Crippen molar-refractivity contribution in [3.8, 4) is 0 Å². The van der Waals surface area contributed by atoms with Gasteiger partial charge in [0.2, 0.25) is 5.91 Å². The molecular formula is C22H30N4O2. The van der Waals surface area contributed by atoms with Crippen LogP contribution in [0, 0.1) is 5.92 Å². The first-order valence-electron chi connectivity index (χ1n) is 10.3. The minimum absolute atomic E-state index is 0.167. The van der Waals surface area contributed by atoms with E-state index in [-0.39, 0.29) is 5.92 Å². The first kappa shape index (κ1) is 19.2. The second-order valence-corrected chi connectivity index (χ2v) is 7.90. The van der Waals surface area contributed by atoms with Crippen LogP contribution >= 0.6 is 0 Å². The van der Waals surface area contributed by atoms with Crippen LogP contribution < -0.4 is 0 Å². The fraction of sp³-hybridized carbons (Fsp3) is 0.545. The first-order valence-corrected chi connectivity index (χ1v) is 10.3. The maximum Gasteiger partial charge on any atom is 0.226 e. The SMILES string of the molecule is COCCn1cncc1CN1CCC(C(=O)N2CCc3ccccc3C2)CC1. The maximum absolute atomic E-state index is 13.0. The number of nitrogens with zero attached hydrogens (tertiary/aromatic N) is 4. The van der Waals surface area contributed by atoms with E-state index in [2.05, 4.69) is 43.6 Å². The smallest absolute Gasteiger partial charge is 0.226 e. The van der Waals surface area contributed by atoms with E-state index in [0.29, 0.717) is 12.5 Å². The number of rotatable bonds is 6. The molecule has 0 aliphatic carbocycles. The summed E-state index contributed by atoms with van der Waals surface area (Å²) in [5.74, 6) is 0.513. The summed E-state index contributed by atoms with van der Waals surface area (Å²) in [5, 5.41) is 0. The van der Waals surface area contributed by atoms with Crippen LogP contribution in [0.25, 0.3) is 0 Å². The number of piperidine rings is 1. The molecule has 1 saturated heterocycles. The van der Waals surface area contributed by atoms with Gasteiger partial charge in [-0.15, -0.1) is 0 Å². The Labute approximate surface area is 167 Å². The Hall–Kier alpha value is -2.18. The van der Waals surface area contributed by atoms with Gasteiger partial charge in [0.25, 0.3) is 0 Å². The largest absolute Gasteiger partial charge is 0.383 e. The molecule has 0 bridgehead atoms. The standard InChI is InChI=1S/C22H30N4O2/c1-28-13-12-26-17-23-14-21(26)16-24-9-6-19(7-10-24)22(27)25-11-8-18-4-2-3-5-20(18)15-25/h2-5,14,17,19H,6-13,15-16H2,1H3. The number of hydrogen-bond donors (Lipinski definition) is 0. The second kappa shape index (κ2) is 8.88. The van der Waals surface area contributed by atoms with Gasteiger partial charge in [0.05, 0.1) is 18.6 Å². The molecule has 150 valence electrons. The van der Waals surface area contributed by atoms with Gasteiger partial charge in [0, 0.05) is 45.4 Å². The molecule has 0 saturated carbocycles. The molecule has 6 nitrogen and oxygen atoms in total. The van der Waals surface area contributed by atoms with Crippen molar-refractivity contribution < 1.29 is 9.53 Å². The van der Waals surface area contributed by atoms with E-state index in [1.165, 1.54) is 16.8 Å². The molecule has 0 N–H and O–H groups in total. The van der Waals surface area contributed by atoms with Crippen molar-refractivity contribution in [2.24, 2.45) is 5.92 Å². The van der Waals surface area contributed by atoms with E-state index in [1.54, 1.807) is 7.11 Å². The summed E-state index contributed by atoms with van der Waals surface area (Å²) in [6.45, 7) is 5.98. The van der Waals surface area contributed by atoms with Crippen LogP contribution in [-0.4, -0.2) is 58.6 Å². The molecule has 1 aromatic heterocycles. The zero-order valence-corrected chi connectivity index (χ0v) is 16.7. The zero-order valence-electron chi connectivity index (χ0n) is 16.7. The van der Waals surface area contributed by atoms with Gasteiger partial charge in [-0.1, -0.05) is 24.3 Å². The minimum atomic E-state index is 0.167. The van der Waals surface area contributed by atoms with Gasteiger partial charge >= 0.3 is 0 Å². The Kier molecular flexibility index (Phi) is 6.07. The molecule has 0 spiro atoms. The molecule has 6 heteroatoms. The number of methoxy groups -OCH3 is 1. The molecule has 1 aromatic carbocycles. The monoisotopic (exact) mass is 382 g/mol.